The summed E-state index contributed by atoms with van der Waals surface area (Å²) in [6.45, 7) is 7.59. The fourth-order valence-corrected chi connectivity index (χ4v) is 2.23. The molecular formula is C12H20O4. The number of ether oxygens (including phenoxy) is 1. The summed E-state index contributed by atoms with van der Waals surface area (Å²) < 4.78 is 5.15. The molecular weight excluding hydrogens is 208 g/mol. The monoisotopic (exact) mass is 228 g/mol. The van der Waals surface area contributed by atoms with Gasteiger partial charge in [-0.1, -0.05) is 27.7 Å². The lowest BCUT2D eigenvalue weighted by Gasteiger charge is -2.26. The molecule has 0 aromatic rings. The first kappa shape index (κ1) is 13.0. The normalized spacial score (nSPS) is 29.9. The van der Waals surface area contributed by atoms with Crippen molar-refractivity contribution in [2.24, 2.45) is 17.8 Å². The molecule has 1 aliphatic heterocycles. The molecule has 0 aromatic heterocycles. The highest BCUT2D eigenvalue weighted by molar-refractivity contribution is 5.87. The average Bonchev–Trinajstić information content (AvgIpc) is 2.44. The molecule has 0 bridgehead atoms. The number of carbonyl (C=O) groups is 2. The van der Waals surface area contributed by atoms with E-state index in [1.807, 2.05) is 13.8 Å². The summed E-state index contributed by atoms with van der Waals surface area (Å²) in [5.41, 5.74) is -1.31. The molecule has 2 unspecified atom stereocenters. The molecule has 1 fully saturated rings. The van der Waals surface area contributed by atoms with Crippen molar-refractivity contribution in [3.05, 3.63) is 0 Å². The maximum atomic E-state index is 11.6. The van der Waals surface area contributed by atoms with Crippen molar-refractivity contribution in [3.63, 3.8) is 0 Å². The van der Waals surface area contributed by atoms with Gasteiger partial charge in [-0.05, 0) is 12.3 Å². The van der Waals surface area contributed by atoms with Crippen LogP contribution in [0.3, 0.4) is 0 Å². The summed E-state index contributed by atoms with van der Waals surface area (Å²) in [5.74, 6) is -1.48. The van der Waals surface area contributed by atoms with Gasteiger partial charge < -0.3 is 9.84 Å². The van der Waals surface area contributed by atoms with Gasteiger partial charge in [0.1, 0.15) is 0 Å². The largest absolute Gasteiger partial charge is 0.478 e. The highest BCUT2D eigenvalue weighted by atomic mass is 16.6. The molecule has 1 N–H and O–H groups in total. The zero-order chi connectivity index (χ0) is 12.5. The average molecular weight is 228 g/mol. The standard InChI is InChI=1S/C12H20O4/c1-7(2)5-9-6-12(8(3)4,11(14)15)16-10(9)13/h7-9H,5-6H2,1-4H3,(H,14,15). The number of hydrogen-bond donors (Lipinski definition) is 1. The fraction of sp³-hybridized carbons (Fsp3) is 0.833. The van der Waals surface area contributed by atoms with Gasteiger partial charge in [0, 0.05) is 12.3 Å². The number of carboxylic acid groups (broad SMARTS) is 1. The fourth-order valence-electron chi connectivity index (χ4n) is 2.23. The lowest BCUT2D eigenvalue weighted by atomic mass is 9.82. The third kappa shape index (κ3) is 2.20. The predicted octanol–water partition coefficient (Wildman–Crippen LogP) is 2.08. The van der Waals surface area contributed by atoms with Crippen molar-refractivity contribution in [1.82, 2.24) is 0 Å². The van der Waals surface area contributed by atoms with Gasteiger partial charge >= 0.3 is 11.9 Å². The minimum absolute atomic E-state index is 0.203. The van der Waals surface area contributed by atoms with Crippen LogP contribution in [0.4, 0.5) is 0 Å². The van der Waals surface area contributed by atoms with Crippen LogP contribution in [0.15, 0.2) is 0 Å². The van der Waals surface area contributed by atoms with Crippen LogP contribution in [-0.4, -0.2) is 22.6 Å². The molecule has 0 radical (unpaired) electrons. The second-order valence-electron chi connectivity index (χ2n) is 5.30. The van der Waals surface area contributed by atoms with E-state index in [4.69, 9.17) is 4.74 Å². The Kier molecular flexibility index (Phi) is 3.61. The van der Waals surface area contributed by atoms with Crippen LogP contribution in [0.2, 0.25) is 0 Å². The molecule has 1 saturated heterocycles. The van der Waals surface area contributed by atoms with Crippen LogP contribution in [0.25, 0.3) is 0 Å². The maximum Gasteiger partial charge on any atom is 0.348 e. The van der Waals surface area contributed by atoms with Crippen molar-refractivity contribution < 1.29 is 19.4 Å². The van der Waals surface area contributed by atoms with Crippen LogP contribution in [0, 0.1) is 17.8 Å². The summed E-state index contributed by atoms with van der Waals surface area (Å²) in [6.07, 6.45) is 0.998. The smallest absolute Gasteiger partial charge is 0.348 e. The predicted molar refractivity (Wildman–Crippen MR) is 58.9 cm³/mol. The zero-order valence-electron chi connectivity index (χ0n) is 10.3. The number of esters is 1. The van der Waals surface area contributed by atoms with Crippen LogP contribution in [0.5, 0.6) is 0 Å². The Morgan fingerprint density at radius 2 is 2.06 bits per heavy atom. The molecule has 4 heteroatoms. The number of carboxylic acids is 1. The van der Waals surface area contributed by atoms with Gasteiger partial charge in [-0.2, -0.15) is 0 Å². The van der Waals surface area contributed by atoms with Gasteiger partial charge in [0.05, 0.1) is 5.92 Å². The molecule has 1 rings (SSSR count). The van der Waals surface area contributed by atoms with Gasteiger partial charge in [0.25, 0.3) is 0 Å². The molecule has 0 aliphatic carbocycles. The highest BCUT2D eigenvalue weighted by Gasteiger charge is 2.54. The van der Waals surface area contributed by atoms with E-state index in [0.717, 1.165) is 0 Å². The molecule has 0 aromatic carbocycles. The number of aliphatic carboxylic acids is 1. The Morgan fingerprint density at radius 3 is 2.38 bits per heavy atom. The molecule has 4 nitrogen and oxygen atoms in total. The Hall–Kier alpha value is -1.06. The zero-order valence-corrected chi connectivity index (χ0v) is 10.3. The van der Waals surface area contributed by atoms with E-state index < -0.39 is 11.6 Å². The minimum Gasteiger partial charge on any atom is -0.478 e. The van der Waals surface area contributed by atoms with Crippen molar-refractivity contribution in [1.29, 1.82) is 0 Å². The van der Waals surface area contributed by atoms with Crippen LogP contribution in [0.1, 0.15) is 40.5 Å². The van der Waals surface area contributed by atoms with E-state index in [1.54, 1.807) is 13.8 Å². The number of hydrogen-bond acceptors (Lipinski definition) is 3. The van der Waals surface area contributed by atoms with Crippen molar-refractivity contribution in [2.45, 2.75) is 46.1 Å². The molecule has 2 atom stereocenters. The van der Waals surface area contributed by atoms with Crippen LogP contribution >= 0.6 is 0 Å². The van der Waals surface area contributed by atoms with E-state index in [9.17, 15) is 14.7 Å². The van der Waals surface area contributed by atoms with E-state index >= 15 is 0 Å². The first-order valence-corrected chi connectivity index (χ1v) is 5.76. The Bertz CT molecular complexity index is 295. The van der Waals surface area contributed by atoms with Crippen LogP contribution in [-0.2, 0) is 14.3 Å². The molecule has 16 heavy (non-hydrogen) atoms. The van der Waals surface area contributed by atoms with Crippen molar-refractivity contribution in [2.75, 3.05) is 0 Å². The molecule has 0 saturated carbocycles. The first-order valence-electron chi connectivity index (χ1n) is 5.76. The SMILES string of the molecule is CC(C)CC1CC(C(=O)O)(C(C)C)OC1=O. The Labute approximate surface area is 96.0 Å². The summed E-state index contributed by atoms with van der Waals surface area (Å²) >= 11 is 0. The van der Waals surface area contributed by atoms with Crippen molar-refractivity contribution in [3.8, 4) is 0 Å². The van der Waals surface area contributed by atoms with E-state index in [0.29, 0.717) is 18.8 Å². The summed E-state index contributed by atoms with van der Waals surface area (Å²) in [4.78, 5) is 22.9. The maximum absolute atomic E-state index is 11.6. The van der Waals surface area contributed by atoms with Gasteiger partial charge in [-0.25, -0.2) is 4.79 Å². The molecule has 0 amide bonds. The lowest BCUT2D eigenvalue weighted by Crippen LogP contribution is -2.43. The number of carbonyl (C=O) groups excluding carboxylic acids is 1. The van der Waals surface area contributed by atoms with E-state index in [2.05, 4.69) is 0 Å². The van der Waals surface area contributed by atoms with Gasteiger partial charge in [-0.3, -0.25) is 4.79 Å². The third-order valence-corrected chi connectivity index (χ3v) is 3.22. The molecule has 92 valence electrons. The summed E-state index contributed by atoms with van der Waals surface area (Å²) in [6, 6.07) is 0. The van der Waals surface area contributed by atoms with Gasteiger partial charge in [0.2, 0.25) is 5.60 Å². The van der Waals surface area contributed by atoms with Gasteiger partial charge in [0.15, 0.2) is 0 Å². The van der Waals surface area contributed by atoms with Crippen LogP contribution < -0.4 is 0 Å². The Balaban J connectivity index is 2.87. The molecule has 1 aliphatic rings. The first-order chi connectivity index (χ1) is 7.29. The number of cyclic esters (lactones) is 1. The second-order valence-corrected chi connectivity index (χ2v) is 5.30. The highest BCUT2D eigenvalue weighted by Crippen LogP contribution is 2.39. The molecule has 0 spiro atoms. The van der Waals surface area contributed by atoms with E-state index in [-0.39, 0.29) is 17.8 Å². The van der Waals surface area contributed by atoms with Gasteiger partial charge in [-0.15, -0.1) is 0 Å². The van der Waals surface area contributed by atoms with E-state index in [1.165, 1.54) is 0 Å². The second kappa shape index (κ2) is 4.44. The topological polar surface area (TPSA) is 63.6 Å². The summed E-state index contributed by atoms with van der Waals surface area (Å²) in [7, 11) is 0. The third-order valence-electron chi connectivity index (χ3n) is 3.22. The summed E-state index contributed by atoms with van der Waals surface area (Å²) in [5, 5.41) is 9.23. The quantitative estimate of drug-likeness (QED) is 0.748. The lowest BCUT2D eigenvalue weighted by molar-refractivity contribution is -0.174. The van der Waals surface area contributed by atoms with Crippen molar-refractivity contribution >= 4 is 11.9 Å². The minimum atomic E-state index is -1.31. The number of rotatable bonds is 4. The Morgan fingerprint density at radius 1 is 1.50 bits per heavy atom. The molecule has 1 heterocycles.